The molecule has 0 bridgehead atoms. The van der Waals surface area contributed by atoms with Crippen LogP contribution < -0.4 is 10.6 Å². The molecule has 0 aromatic heterocycles. The molecule has 1 aromatic rings. The Labute approximate surface area is 125 Å². The quantitative estimate of drug-likeness (QED) is 0.893. The van der Waals surface area contributed by atoms with Gasteiger partial charge in [-0.1, -0.05) is 13.0 Å². The first kappa shape index (κ1) is 15.3. The minimum Gasteiger partial charge on any atom is -0.335 e. The molecule has 21 heavy (non-hydrogen) atoms. The van der Waals surface area contributed by atoms with Gasteiger partial charge in [0.15, 0.2) is 0 Å². The van der Waals surface area contributed by atoms with Crippen molar-refractivity contribution in [3.8, 4) is 6.07 Å². The van der Waals surface area contributed by atoms with Gasteiger partial charge >= 0.3 is 6.03 Å². The number of piperidine rings is 1. The van der Waals surface area contributed by atoms with Crippen molar-refractivity contribution in [1.82, 2.24) is 10.2 Å². The molecule has 1 aromatic carbocycles. The van der Waals surface area contributed by atoms with Crippen molar-refractivity contribution in [1.29, 1.82) is 5.26 Å². The summed E-state index contributed by atoms with van der Waals surface area (Å²) in [5.74, 6) is 0. The van der Waals surface area contributed by atoms with Crippen LogP contribution >= 0.6 is 0 Å². The van der Waals surface area contributed by atoms with Crippen molar-refractivity contribution in [3.63, 3.8) is 0 Å². The lowest BCUT2D eigenvalue weighted by atomic mass is 10.1. The van der Waals surface area contributed by atoms with Crippen molar-refractivity contribution >= 4 is 11.7 Å². The second-order valence-corrected chi connectivity index (χ2v) is 5.41. The van der Waals surface area contributed by atoms with Gasteiger partial charge in [-0.25, -0.2) is 4.79 Å². The first-order chi connectivity index (χ1) is 10.2. The van der Waals surface area contributed by atoms with E-state index < -0.39 is 0 Å². The first-order valence-corrected chi connectivity index (χ1v) is 7.51. The molecule has 112 valence electrons. The van der Waals surface area contributed by atoms with Gasteiger partial charge < -0.3 is 15.5 Å². The minimum atomic E-state index is -0.195. The number of nitrogens with one attached hydrogen (secondary N) is 2. The predicted molar refractivity (Wildman–Crippen MR) is 83.1 cm³/mol. The van der Waals surface area contributed by atoms with Gasteiger partial charge in [0.2, 0.25) is 0 Å². The summed E-state index contributed by atoms with van der Waals surface area (Å²) >= 11 is 0. The lowest BCUT2D eigenvalue weighted by molar-refractivity contribution is 0.196. The summed E-state index contributed by atoms with van der Waals surface area (Å²) in [6.45, 7) is 5.42. The molecule has 2 amide bonds. The van der Waals surface area contributed by atoms with Crippen LogP contribution in [-0.4, -0.2) is 36.6 Å². The van der Waals surface area contributed by atoms with Crippen LogP contribution in [0.3, 0.4) is 0 Å². The lowest BCUT2D eigenvalue weighted by Crippen LogP contribution is -2.46. The SMILES string of the molecule is CCCN1CCC(NC(=O)Nc2cccc(C#N)c2)CC1. The number of carbonyl (C=O) groups excluding carboxylic acids is 1. The number of likely N-dealkylation sites (tertiary alicyclic amines) is 1. The highest BCUT2D eigenvalue weighted by atomic mass is 16.2. The molecule has 2 rings (SSSR count). The lowest BCUT2D eigenvalue weighted by Gasteiger charge is -2.32. The molecule has 0 atom stereocenters. The van der Waals surface area contributed by atoms with E-state index in [0.29, 0.717) is 11.3 Å². The number of anilines is 1. The van der Waals surface area contributed by atoms with Crippen LogP contribution in [0, 0.1) is 11.3 Å². The molecule has 5 nitrogen and oxygen atoms in total. The van der Waals surface area contributed by atoms with E-state index in [4.69, 9.17) is 5.26 Å². The molecule has 1 aliphatic heterocycles. The number of hydrogen-bond donors (Lipinski definition) is 2. The molecule has 0 saturated carbocycles. The second-order valence-electron chi connectivity index (χ2n) is 5.41. The number of nitriles is 1. The number of nitrogens with zero attached hydrogens (tertiary/aromatic N) is 2. The topological polar surface area (TPSA) is 68.2 Å². The Morgan fingerprint density at radius 1 is 1.43 bits per heavy atom. The van der Waals surface area contributed by atoms with E-state index in [-0.39, 0.29) is 12.1 Å². The highest BCUT2D eigenvalue weighted by molar-refractivity contribution is 5.89. The molecule has 5 heteroatoms. The van der Waals surface area contributed by atoms with E-state index in [1.54, 1.807) is 24.3 Å². The molecule has 0 spiro atoms. The highest BCUT2D eigenvalue weighted by Gasteiger charge is 2.19. The molecular formula is C16H22N4O. The van der Waals surface area contributed by atoms with Crippen molar-refractivity contribution in [2.45, 2.75) is 32.2 Å². The number of carbonyl (C=O) groups is 1. The van der Waals surface area contributed by atoms with Crippen LogP contribution in [0.15, 0.2) is 24.3 Å². The fraction of sp³-hybridized carbons (Fsp3) is 0.500. The van der Waals surface area contributed by atoms with Crippen LogP contribution in [0.4, 0.5) is 10.5 Å². The van der Waals surface area contributed by atoms with Crippen LogP contribution in [0.1, 0.15) is 31.7 Å². The van der Waals surface area contributed by atoms with Crippen LogP contribution in [0.25, 0.3) is 0 Å². The Morgan fingerprint density at radius 2 is 2.19 bits per heavy atom. The van der Waals surface area contributed by atoms with Gasteiger partial charge in [0.1, 0.15) is 0 Å². The largest absolute Gasteiger partial charge is 0.335 e. The molecule has 1 saturated heterocycles. The third-order valence-corrected chi connectivity index (χ3v) is 3.71. The van der Waals surface area contributed by atoms with Crippen LogP contribution in [0.2, 0.25) is 0 Å². The number of hydrogen-bond acceptors (Lipinski definition) is 3. The summed E-state index contributed by atoms with van der Waals surface area (Å²) in [7, 11) is 0. The summed E-state index contributed by atoms with van der Waals surface area (Å²) in [4.78, 5) is 14.4. The van der Waals surface area contributed by atoms with E-state index in [9.17, 15) is 4.79 Å². The predicted octanol–water partition coefficient (Wildman–Crippen LogP) is 2.55. The van der Waals surface area contributed by atoms with Crippen LogP contribution in [-0.2, 0) is 0 Å². The Kier molecular flexibility index (Phi) is 5.59. The summed E-state index contributed by atoms with van der Waals surface area (Å²) in [5, 5.41) is 14.6. The number of benzene rings is 1. The smallest absolute Gasteiger partial charge is 0.319 e. The first-order valence-electron chi connectivity index (χ1n) is 7.51. The van der Waals surface area contributed by atoms with Gasteiger partial charge in [0.25, 0.3) is 0 Å². The molecule has 2 N–H and O–H groups in total. The van der Waals surface area contributed by atoms with Gasteiger partial charge in [-0.2, -0.15) is 5.26 Å². The molecule has 1 fully saturated rings. The van der Waals surface area contributed by atoms with Crippen molar-refractivity contribution in [2.24, 2.45) is 0 Å². The number of amides is 2. The molecule has 1 heterocycles. The Balaban J connectivity index is 1.79. The molecule has 1 aliphatic rings. The van der Waals surface area contributed by atoms with Gasteiger partial charge in [0, 0.05) is 24.8 Å². The van der Waals surface area contributed by atoms with Gasteiger partial charge in [0.05, 0.1) is 11.6 Å². The standard InChI is InChI=1S/C16H22N4O/c1-2-8-20-9-6-14(7-10-20)18-16(21)19-15-5-3-4-13(11-15)12-17/h3-5,11,14H,2,6-10H2,1H3,(H2,18,19,21). The maximum Gasteiger partial charge on any atom is 0.319 e. The molecule has 0 unspecified atom stereocenters. The van der Waals surface area contributed by atoms with Gasteiger partial charge in [-0.05, 0) is 44.0 Å². The van der Waals surface area contributed by atoms with Gasteiger partial charge in [-0.3, -0.25) is 0 Å². The average Bonchev–Trinajstić information content (AvgIpc) is 2.49. The van der Waals surface area contributed by atoms with E-state index >= 15 is 0 Å². The zero-order valence-corrected chi connectivity index (χ0v) is 12.4. The summed E-state index contributed by atoms with van der Waals surface area (Å²) in [6, 6.07) is 9.03. The van der Waals surface area contributed by atoms with Crippen molar-refractivity contribution in [3.05, 3.63) is 29.8 Å². The third-order valence-electron chi connectivity index (χ3n) is 3.71. The van der Waals surface area contributed by atoms with E-state index in [1.807, 2.05) is 0 Å². The zero-order chi connectivity index (χ0) is 15.1. The number of rotatable bonds is 4. The molecule has 0 radical (unpaired) electrons. The molecule has 0 aliphatic carbocycles. The van der Waals surface area contributed by atoms with Gasteiger partial charge in [-0.15, -0.1) is 0 Å². The normalized spacial score (nSPS) is 16.2. The fourth-order valence-corrected chi connectivity index (χ4v) is 2.64. The average molecular weight is 286 g/mol. The van der Waals surface area contributed by atoms with E-state index in [0.717, 1.165) is 32.5 Å². The molecular weight excluding hydrogens is 264 g/mol. The number of urea groups is 1. The minimum absolute atomic E-state index is 0.195. The van der Waals surface area contributed by atoms with Crippen molar-refractivity contribution < 1.29 is 4.79 Å². The summed E-state index contributed by atoms with van der Waals surface area (Å²) in [6.07, 6.45) is 3.16. The maximum atomic E-state index is 12.0. The second kappa shape index (κ2) is 7.65. The van der Waals surface area contributed by atoms with E-state index in [2.05, 4.69) is 28.5 Å². The van der Waals surface area contributed by atoms with E-state index in [1.165, 1.54) is 6.42 Å². The Hall–Kier alpha value is -2.06. The highest BCUT2D eigenvalue weighted by Crippen LogP contribution is 2.12. The summed E-state index contributed by atoms with van der Waals surface area (Å²) in [5.41, 5.74) is 1.19. The third kappa shape index (κ3) is 4.76. The van der Waals surface area contributed by atoms with Crippen LogP contribution in [0.5, 0.6) is 0 Å². The Morgan fingerprint density at radius 3 is 2.86 bits per heavy atom. The Bertz CT molecular complexity index is 515. The zero-order valence-electron chi connectivity index (χ0n) is 12.4. The van der Waals surface area contributed by atoms with Crippen molar-refractivity contribution in [2.75, 3.05) is 25.0 Å². The summed E-state index contributed by atoms with van der Waals surface area (Å²) < 4.78 is 0. The monoisotopic (exact) mass is 286 g/mol. The fourth-order valence-electron chi connectivity index (χ4n) is 2.64. The maximum absolute atomic E-state index is 12.0.